The molecule has 10 heteroatoms. The molecule has 146 valence electrons. The van der Waals surface area contributed by atoms with Gasteiger partial charge in [-0.25, -0.2) is 22.6 Å². The van der Waals surface area contributed by atoms with Gasteiger partial charge in [0.2, 0.25) is 10.0 Å². The molecule has 0 aliphatic rings. The van der Waals surface area contributed by atoms with E-state index in [2.05, 4.69) is 10.4 Å². The summed E-state index contributed by atoms with van der Waals surface area (Å²) in [6, 6.07) is 8.91. The SMILES string of the molecule is CC(C)n1nc(C(=O)Nc2cc(F)cc(S(N)(=O)=O)c2)c2ccccc2c1=O. The summed E-state index contributed by atoms with van der Waals surface area (Å²) in [6.45, 7) is 3.49. The molecule has 0 radical (unpaired) electrons. The van der Waals surface area contributed by atoms with Crippen LogP contribution in [0.2, 0.25) is 0 Å². The zero-order chi connectivity index (χ0) is 20.6. The number of carbonyl (C=O) groups excluding carboxylic acids is 1. The number of fused-ring (bicyclic) bond motifs is 1. The first-order valence-electron chi connectivity index (χ1n) is 8.24. The predicted molar refractivity (Wildman–Crippen MR) is 102 cm³/mol. The summed E-state index contributed by atoms with van der Waals surface area (Å²) in [5, 5.41) is 12.2. The van der Waals surface area contributed by atoms with E-state index in [0.29, 0.717) is 10.8 Å². The zero-order valence-electron chi connectivity index (χ0n) is 15.0. The van der Waals surface area contributed by atoms with Crippen LogP contribution in [0.1, 0.15) is 30.4 Å². The molecule has 3 aromatic rings. The van der Waals surface area contributed by atoms with Crippen molar-refractivity contribution in [1.29, 1.82) is 0 Å². The molecule has 0 fully saturated rings. The van der Waals surface area contributed by atoms with Gasteiger partial charge in [0, 0.05) is 11.1 Å². The van der Waals surface area contributed by atoms with Crippen LogP contribution in [0.4, 0.5) is 10.1 Å². The van der Waals surface area contributed by atoms with Crippen LogP contribution >= 0.6 is 0 Å². The van der Waals surface area contributed by atoms with Crippen molar-refractivity contribution < 1.29 is 17.6 Å². The number of primary sulfonamides is 1. The average Bonchev–Trinajstić information content (AvgIpc) is 2.60. The van der Waals surface area contributed by atoms with E-state index in [1.165, 1.54) is 4.68 Å². The third-order valence-electron chi connectivity index (χ3n) is 3.99. The normalized spacial score (nSPS) is 11.8. The highest BCUT2D eigenvalue weighted by molar-refractivity contribution is 7.89. The quantitative estimate of drug-likeness (QED) is 0.688. The second kappa shape index (κ2) is 7.13. The predicted octanol–water partition coefficient (Wildman–Crippen LogP) is 2.02. The molecule has 0 saturated carbocycles. The summed E-state index contributed by atoms with van der Waals surface area (Å²) in [7, 11) is -4.16. The molecule has 28 heavy (non-hydrogen) atoms. The Hall–Kier alpha value is -3.11. The van der Waals surface area contributed by atoms with Crippen molar-refractivity contribution in [2.24, 2.45) is 5.14 Å². The van der Waals surface area contributed by atoms with Crippen LogP contribution in [0.3, 0.4) is 0 Å². The molecule has 2 aromatic carbocycles. The van der Waals surface area contributed by atoms with Gasteiger partial charge in [0.25, 0.3) is 11.5 Å². The molecule has 1 heterocycles. The number of sulfonamides is 1. The highest BCUT2D eigenvalue weighted by Gasteiger charge is 2.19. The topological polar surface area (TPSA) is 124 Å². The number of nitrogens with two attached hydrogens (primary N) is 1. The summed E-state index contributed by atoms with van der Waals surface area (Å²) >= 11 is 0. The average molecular weight is 404 g/mol. The lowest BCUT2D eigenvalue weighted by molar-refractivity contribution is 0.102. The number of nitrogens with zero attached hydrogens (tertiary/aromatic N) is 2. The Balaban J connectivity index is 2.12. The van der Waals surface area contributed by atoms with Crippen molar-refractivity contribution in [3.05, 3.63) is 64.3 Å². The number of hydrogen-bond acceptors (Lipinski definition) is 5. The molecular weight excluding hydrogens is 387 g/mol. The lowest BCUT2D eigenvalue weighted by atomic mass is 10.1. The number of anilines is 1. The standard InChI is InChI=1S/C18H17FN4O4S/c1-10(2)23-18(25)15-6-4-3-5-14(15)16(22-23)17(24)21-12-7-11(19)8-13(9-12)28(20,26)27/h3-10H,1-2H3,(H,21,24)(H2,20,26,27). The van der Waals surface area contributed by atoms with Gasteiger partial charge in [-0.2, -0.15) is 5.10 Å². The Labute approximate surface area is 159 Å². The molecule has 0 spiro atoms. The van der Waals surface area contributed by atoms with E-state index in [9.17, 15) is 22.4 Å². The van der Waals surface area contributed by atoms with Crippen LogP contribution in [0.15, 0.2) is 52.2 Å². The molecule has 1 aromatic heterocycles. The number of amides is 1. The first-order chi connectivity index (χ1) is 13.1. The maximum absolute atomic E-state index is 13.8. The fraction of sp³-hybridized carbons (Fsp3) is 0.167. The van der Waals surface area contributed by atoms with Crippen molar-refractivity contribution in [3.63, 3.8) is 0 Å². The van der Waals surface area contributed by atoms with E-state index in [1.807, 2.05) is 0 Å². The summed E-state index contributed by atoms with van der Waals surface area (Å²) in [6.07, 6.45) is 0. The van der Waals surface area contributed by atoms with Crippen molar-refractivity contribution in [3.8, 4) is 0 Å². The van der Waals surface area contributed by atoms with E-state index in [0.717, 1.165) is 18.2 Å². The number of benzene rings is 2. The monoisotopic (exact) mass is 404 g/mol. The number of rotatable bonds is 4. The Kier molecular flexibility index (Phi) is 5.01. The zero-order valence-corrected chi connectivity index (χ0v) is 15.8. The Morgan fingerprint density at radius 1 is 1.18 bits per heavy atom. The molecule has 0 saturated heterocycles. The third-order valence-corrected chi connectivity index (χ3v) is 4.88. The van der Waals surface area contributed by atoms with Crippen molar-refractivity contribution in [2.45, 2.75) is 24.8 Å². The minimum Gasteiger partial charge on any atom is -0.320 e. The molecular formula is C18H17FN4O4S. The second-order valence-electron chi connectivity index (χ2n) is 6.41. The van der Waals surface area contributed by atoms with E-state index in [4.69, 9.17) is 5.14 Å². The van der Waals surface area contributed by atoms with Crippen LogP contribution < -0.4 is 16.0 Å². The summed E-state index contributed by atoms with van der Waals surface area (Å²) < 4.78 is 37.9. The van der Waals surface area contributed by atoms with E-state index in [1.54, 1.807) is 38.1 Å². The van der Waals surface area contributed by atoms with Gasteiger partial charge < -0.3 is 5.32 Å². The van der Waals surface area contributed by atoms with Gasteiger partial charge in [-0.15, -0.1) is 0 Å². The minimum absolute atomic E-state index is 0.0506. The minimum atomic E-state index is -4.16. The number of halogens is 1. The molecule has 0 aliphatic heterocycles. The van der Waals surface area contributed by atoms with Gasteiger partial charge >= 0.3 is 0 Å². The molecule has 3 N–H and O–H groups in total. The van der Waals surface area contributed by atoms with Crippen LogP contribution in [0.5, 0.6) is 0 Å². The van der Waals surface area contributed by atoms with Gasteiger partial charge in [-0.05, 0) is 38.1 Å². The molecule has 1 amide bonds. The van der Waals surface area contributed by atoms with Gasteiger partial charge in [0.15, 0.2) is 5.69 Å². The smallest absolute Gasteiger partial charge is 0.276 e. The van der Waals surface area contributed by atoms with Gasteiger partial charge in [0.1, 0.15) is 5.82 Å². The van der Waals surface area contributed by atoms with Crippen molar-refractivity contribution >= 4 is 32.4 Å². The number of carbonyl (C=O) groups is 1. The highest BCUT2D eigenvalue weighted by atomic mass is 32.2. The maximum Gasteiger partial charge on any atom is 0.276 e. The lowest BCUT2D eigenvalue weighted by Gasteiger charge is -2.13. The van der Waals surface area contributed by atoms with Crippen LogP contribution in [0, 0.1) is 5.82 Å². The van der Waals surface area contributed by atoms with Gasteiger partial charge in [-0.3, -0.25) is 9.59 Å². The van der Waals surface area contributed by atoms with E-state index in [-0.39, 0.29) is 23.0 Å². The second-order valence-corrected chi connectivity index (χ2v) is 7.97. The van der Waals surface area contributed by atoms with Gasteiger partial charge in [0.05, 0.1) is 16.3 Å². The van der Waals surface area contributed by atoms with Crippen molar-refractivity contribution in [1.82, 2.24) is 9.78 Å². The highest BCUT2D eigenvalue weighted by Crippen LogP contribution is 2.20. The molecule has 0 bridgehead atoms. The van der Waals surface area contributed by atoms with Crippen LogP contribution in [0.25, 0.3) is 10.8 Å². The third kappa shape index (κ3) is 3.78. The number of nitrogens with one attached hydrogen (secondary N) is 1. The number of hydrogen-bond donors (Lipinski definition) is 2. The molecule has 0 atom stereocenters. The van der Waals surface area contributed by atoms with Crippen molar-refractivity contribution in [2.75, 3.05) is 5.32 Å². The molecule has 8 nitrogen and oxygen atoms in total. The first-order valence-corrected chi connectivity index (χ1v) is 9.79. The molecule has 0 unspecified atom stereocenters. The molecule has 3 rings (SSSR count). The Bertz CT molecular complexity index is 1250. The lowest BCUT2D eigenvalue weighted by Crippen LogP contribution is -2.29. The fourth-order valence-electron chi connectivity index (χ4n) is 2.71. The van der Waals surface area contributed by atoms with E-state index < -0.39 is 26.6 Å². The summed E-state index contributed by atoms with van der Waals surface area (Å²) in [5.41, 5.74) is -0.503. The largest absolute Gasteiger partial charge is 0.320 e. The van der Waals surface area contributed by atoms with Crippen LogP contribution in [-0.2, 0) is 10.0 Å². The van der Waals surface area contributed by atoms with Gasteiger partial charge in [-0.1, -0.05) is 18.2 Å². The Morgan fingerprint density at radius 3 is 2.43 bits per heavy atom. The molecule has 0 aliphatic carbocycles. The number of aromatic nitrogens is 2. The Morgan fingerprint density at radius 2 is 1.82 bits per heavy atom. The first kappa shape index (κ1) is 19.6. The summed E-state index contributed by atoms with van der Waals surface area (Å²) in [5.74, 6) is -1.61. The van der Waals surface area contributed by atoms with Crippen LogP contribution in [-0.4, -0.2) is 24.1 Å². The summed E-state index contributed by atoms with van der Waals surface area (Å²) in [4.78, 5) is 24.9. The fourth-order valence-corrected chi connectivity index (χ4v) is 3.28. The van der Waals surface area contributed by atoms with E-state index >= 15 is 0 Å². The maximum atomic E-state index is 13.8.